The van der Waals surface area contributed by atoms with Gasteiger partial charge in [-0.2, -0.15) is 0 Å². The summed E-state index contributed by atoms with van der Waals surface area (Å²) >= 11 is 1.50. The SMILES string of the molecule is CN(Cc1nccn1Cc1ccccc1)C(=O)/C=C/c1cc(CO)cs1. The van der Waals surface area contributed by atoms with E-state index in [1.807, 2.05) is 35.8 Å². The second kappa shape index (κ2) is 8.60. The van der Waals surface area contributed by atoms with Gasteiger partial charge in [-0.3, -0.25) is 4.79 Å². The maximum Gasteiger partial charge on any atom is 0.246 e. The van der Waals surface area contributed by atoms with Gasteiger partial charge in [-0.05, 0) is 28.6 Å². The Morgan fingerprint density at radius 3 is 2.85 bits per heavy atom. The summed E-state index contributed by atoms with van der Waals surface area (Å²) in [6, 6.07) is 12.0. The maximum absolute atomic E-state index is 12.3. The van der Waals surface area contributed by atoms with Gasteiger partial charge in [-0.15, -0.1) is 11.3 Å². The topological polar surface area (TPSA) is 58.4 Å². The molecule has 3 rings (SSSR count). The lowest BCUT2D eigenvalue weighted by Gasteiger charge is -2.16. The van der Waals surface area contributed by atoms with Crippen LogP contribution in [-0.4, -0.2) is 32.5 Å². The summed E-state index contributed by atoms with van der Waals surface area (Å²) in [5.74, 6) is 0.759. The summed E-state index contributed by atoms with van der Waals surface area (Å²) in [5, 5.41) is 11.0. The van der Waals surface area contributed by atoms with E-state index in [0.717, 1.165) is 22.8 Å². The molecule has 134 valence electrons. The van der Waals surface area contributed by atoms with Crippen LogP contribution in [0.15, 0.2) is 60.2 Å². The predicted octanol–water partition coefficient (Wildman–Crippen LogP) is 3.16. The Kier molecular flexibility index (Phi) is 5.99. The van der Waals surface area contributed by atoms with E-state index in [9.17, 15) is 4.79 Å². The molecule has 0 fully saturated rings. The number of aromatic nitrogens is 2. The minimum Gasteiger partial charge on any atom is -0.392 e. The minimum absolute atomic E-state index is 0.0161. The minimum atomic E-state index is -0.0850. The summed E-state index contributed by atoms with van der Waals surface area (Å²) in [6.07, 6.45) is 7.02. The van der Waals surface area contributed by atoms with Crippen molar-refractivity contribution in [3.05, 3.63) is 82.1 Å². The van der Waals surface area contributed by atoms with Gasteiger partial charge in [0, 0.05) is 36.9 Å². The van der Waals surface area contributed by atoms with Gasteiger partial charge in [0.05, 0.1) is 13.2 Å². The first-order valence-electron chi connectivity index (χ1n) is 8.31. The summed E-state index contributed by atoms with van der Waals surface area (Å²) in [7, 11) is 1.77. The summed E-state index contributed by atoms with van der Waals surface area (Å²) in [4.78, 5) is 19.3. The summed E-state index contributed by atoms with van der Waals surface area (Å²) in [6.45, 7) is 1.19. The van der Waals surface area contributed by atoms with Crippen LogP contribution in [0.5, 0.6) is 0 Å². The molecule has 0 unspecified atom stereocenters. The number of amides is 1. The Morgan fingerprint density at radius 2 is 2.12 bits per heavy atom. The fraction of sp³-hybridized carbons (Fsp3) is 0.200. The molecular formula is C20H21N3O2S. The lowest BCUT2D eigenvalue weighted by Crippen LogP contribution is -2.26. The number of likely N-dealkylation sites (N-methyl/N-ethyl adjacent to an activating group) is 1. The number of hydrogen-bond acceptors (Lipinski definition) is 4. The Hall–Kier alpha value is -2.70. The zero-order valence-corrected chi connectivity index (χ0v) is 15.4. The molecule has 1 N–H and O–H groups in total. The lowest BCUT2D eigenvalue weighted by molar-refractivity contribution is -0.125. The van der Waals surface area contributed by atoms with E-state index in [2.05, 4.69) is 21.7 Å². The molecule has 0 radical (unpaired) electrons. The Morgan fingerprint density at radius 1 is 1.31 bits per heavy atom. The number of benzene rings is 1. The Bertz CT molecular complexity index is 883. The van der Waals surface area contributed by atoms with Crippen molar-refractivity contribution in [2.75, 3.05) is 7.05 Å². The highest BCUT2D eigenvalue weighted by atomic mass is 32.1. The van der Waals surface area contributed by atoms with Gasteiger partial charge in [-0.25, -0.2) is 4.98 Å². The molecule has 2 heterocycles. The molecule has 3 aromatic rings. The normalized spacial score (nSPS) is 11.2. The predicted molar refractivity (Wildman–Crippen MR) is 104 cm³/mol. The second-order valence-corrected chi connectivity index (χ2v) is 6.94. The monoisotopic (exact) mass is 367 g/mol. The summed E-state index contributed by atoms with van der Waals surface area (Å²) < 4.78 is 2.05. The molecule has 0 aliphatic heterocycles. The number of aliphatic hydroxyl groups excluding tert-OH is 1. The van der Waals surface area contributed by atoms with Gasteiger partial charge >= 0.3 is 0 Å². The van der Waals surface area contributed by atoms with E-state index in [-0.39, 0.29) is 12.5 Å². The van der Waals surface area contributed by atoms with Crippen molar-refractivity contribution in [3.8, 4) is 0 Å². The highest BCUT2D eigenvalue weighted by Crippen LogP contribution is 2.16. The van der Waals surface area contributed by atoms with Crippen molar-refractivity contribution in [2.24, 2.45) is 0 Å². The molecule has 0 spiro atoms. The van der Waals surface area contributed by atoms with E-state index in [1.165, 1.54) is 16.9 Å². The van der Waals surface area contributed by atoms with Crippen molar-refractivity contribution in [2.45, 2.75) is 19.7 Å². The average Bonchev–Trinajstić information content (AvgIpc) is 3.30. The smallest absolute Gasteiger partial charge is 0.246 e. The zero-order chi connectivity index (χ0) is 18.4. The number of imidazole rings is 1. The van der Waals surface area contributed by atoms with Gasteiger partial charge in [0.1, 0.15) is 5.82 Å². The first kappa shape index (κ1) is 18.1. The van der Waals surface area contributed by atoms with Crippen LogP contribution >= 0.6 is 11.3 Å². The third-order valence-electron chi connectivity index (χ3n) is 4.00. The van der Waals surface area contributed by atoms with Crippen LogP contribution < -0.4 is 0 Å². The lowest BCUT2D eigenvalue weighted by atomic mass is 10.2. The standard InChI is InChI=1S/C20H21N3O2S/c1-22(20(25)8-7-18-11-17(14-24)15-26-18)13-19-21-9-10-23(19)12-16-5-3-2-4-6-16/h2-11,15,24H,12-14H2,1H3/b8-7+. The van der Waals surface area contributed by atoms with Crippen molar-refractivity contribution in [3.63, 3.8) is 0 Å². The van der Waals surface area contributed by atoms with Crippen LogP contribution in [0.1, 0.15) is 21.8 Å². The van der Waals surface area contributed by atoms with Crippen LogP contribution in [0, 0.1) is 0 Å². The van der Waals surface area contributed by atoms with Crippen LogP contribution in [0.25, 0.3) is 6.08 Å². The van der Waals surface area contributed by atoms with E-state index < -0.39 is 0 Å². The first-order chi connectivity index (χ1) is 12.7. The second-order valence-electron chi connectivity index (χ2n) is 6.00. The Labute approximate surface area is 156 Å². The number of hydrogen-bond donors (Lipinski definition) is 1. The van der Waals surface area contributed by atoms with Crippen LogP contribution in [0.4, 0.5) is 0 Å². The van der Waals surface area contributed by atoms with E-state index >= 15 is 0 Å². The van der Waals surface area contributed by atoms with Crippen LogP contribution in [-0.2, 0) is 24.5 Å². The first-order valence-corrected chi connectivity index (χ1v) is 9.19. The van der Waals surface area contributed by atoms with Crippen LogP contribution in [0.2, 0.25) is 0 Å². The molecule has 26 heavy (non-hydrogen) atoms. The fourth-order valence-corrected chi connectivity index (χ4v) is 3.35. The number of rotatable bonds is 7. The molecular weight excluding hydrogens is 346 g/mol. The number of thiophene rings is 1. The van der Waals surface area contributed by atoms with E-state index in [4.69, 9.17) is 5.11 Å². The van der Waals surface area contributed by atoms with Crippen molar-refractivity contribution in [1.29, 1.82) is 0 Å². The fourth-order valence-electron chi connectivity index (χ4n) is 2.55. The summed E-state index contributed by atoms with van der Waals surface area (Å²) in [5.41, 5.74) is 2.05. The largest absolute Gasteiger partial charge is 0.392 e. The molecule has 0 saturated heterocycles. The van der Waals surface area contributed by atoms with Gasteiger partial charge in [0.2, 0.25) is 5.91 Å². The highest BCUT2D eigenvalue weighted by Gasteiger charge is 2.10. The average molecular weight is 367 g/mol. The van der Waals surface area contributed by atoms with Crippen molar-refractivity contribution < 1.29 is 9.90 Å². The number of nitrogens with zero attached hydrogens (tertiary/aromatic N) is 3. The molecule has 0 saturated carbocycles. The molecule has 0 bridgehead atoms. The quantitative estimate of drug-likeness (QED) is 0.653. The van der Waals surface area contributed by atoms with Gasteiger partial charge in [0.25, 0.3) is 0 Å². The zero-order valence-electron chi connectivity index (χ0n) is 14.6. The highest BCUT2D eigenvalue weighted by molar-refractivity contribution is 7.11. The third kappa shape index (κ3) is 4.68. The van der Waals surface area contributed by atoms with Gasteiger partial charge in [-0.1, -0.05) is 30.3 Å². The molecule has 5 nitrogen and oxygen atoms in total. The third-order valence-corrected chi connectivity index (χ3v) is 4.95. The van der Waals surface area contributed by atoms with Crippen molar-refractivity contribution in [1.82, 2.24) is 14.5 Å². The molecule has 0 atom stereocenters. The molecule has 1 aromatic carbocycles. The van der Waals surface area contributed by atoms with E-state index in [1.54, 1.807) is 30.3 Å². The molecule has 2 aromatic heterocycles. The van der Waals surface area contributed by atoms with Crippen molar-refractivity contribution >= 4 is 23.3 Å². The maximum atomic E-state index is 12.3. The van der Waals surface area contributed by atoms with E-state index in [0.29, 0.717) is 6.54 Å². The molecule has 0 aliphatic carbocycles. The molecule has 1 amide bonds. The van der Waals surface area contributed by atoms with Crippen LogP contribution in [0.3, 0.4) is 0 Å². The Balaban J connectivity index is 1.61. The molecule has 6 heteroatoms. The molecule has 0 aliphatic rings. The number of carbonyl (C=O) groups excluding carboxylic acids is 1. The van der Waals surface area contributed by atoms with Gasteiger partial charge in [0.15, 0.2) is 0 Å². The number of aliphatic hydroxyl groups is 1. The number of carbonyl (C=O) groups is 1. The van der Waals surface area contributed by atoms with Gasteiger partial charge < -0.3 is 14.6 Å².